The SMILES string of the molecule is Cc1ccc(CO)cc1NC(=O)c1ccc(-c2cnco2)cc1. The van der Waals surface area contributed by atoms with Crippen LogP contribution in [0.5, 0.6) is 0 Å². The van der Waals surface area contributed by atoms with Crippen molar-refractivity contribution in [2.24, 2.45) is 0 Å². The average molecular weight is 308 g/mol. The molecule has 5 nitrogen and oxygen atoms in total. The highest BCUT2D eigenvalue weighted by Gasteiger charge is 2.09. The quantitative estimate of drug-likeness (QED) is 0.774. The summed E-state index contributed by atoms with van der Waals surface area (Å²) in [6.07, 6.45) is 2.99. The van der Waals surface area contributed by atoms with Crippen molar-refractivity contribution >= 4 is 11.6 Å². The molecule has 0 aliphatic rings. The van der Waals surface area contributed by atoms with E-state index < -0.39 is 0 Å². The molecule has 2 aromatic carbocycles. The molecule has 0 aliphatic carbocycles. The van der Waals surface area contributed by atoms with Gasteiger partial charge in [0.2, 0.25) is 0 Å². The summed E-state index contributed by atoms with van der Waals surface area (Å²) in [5.41, 5.74) is 3.79. The van der Waals surface area contributed by atoms with Gasteiger partial charge in [-0.3, -0.25) is 4.79 Å². The number of rotatable bonds is 4. The van der Waals surface area contributed by atoms with Gasteiger partial charge in [0.15, 0.2) is 12.2 Å². The summed E-state index contributed by atoms with van der Waals surface area (Å²) in [5.74, 6) is 0.454. The molecule has 0 atom stereocenters. The highest BCUT2D eigenvalue weighted by atomic mass is 16.3. The average Bonchev–Trinajstić information content (AvgIpc) is 3.11. The molecule has 0 saturated carbocycles. The predicted octanol–water partition coefficient (Wildman–Crippen LogP) is 3.39. The van der Waals surface area contributed by atoms with E-state index in [-0.39, 0.29) is 12.5 Å². The number of aliphatic hydroxyl groups excluding tert-OH is 1. The molecule has 2 N–H and O–H groups in total. The van der Waals surface area contributed by atoms with E-state index in [1.165, 1.54) is 6.39 Å². The van der Waals surface area contributed by atoms with E-state index in [0.717, 1.165) is 16.7 Å². The van der Waals surface area contributed by atoms with Crippen LogP contribution in [-0.4, -0.2) is 16.0 Å². The molecule has 1 heterocycles. The van der Waals surface area contributed by atoms with Crippen LogP contribution in [0.15, 0.2) is 59.5 Å². The van der Waals surface area contributed by atoms with Gasteiger partial charge in [-0.1, -0.05) is 24.3 Å². The number of hydrogen-bond acceptors (Lipinski definition) is 4. The van der Waals surface area contributed by atoms with Crippen molar-refractivity contribution in [3.05, 3.63) is 71.7 Å². The Bertz CT molecular complexity index is 809. The summed E-state index contributed by atoms with van der Waals surface area (Å²) in [5, 5.41) is 12.1. The lowest BCUT2D eigenvalue weighted by Gasteiger charge is -2.10. The van der Waals surface area contributed by atoms with E-state index in [0.29, 0.717) is 17.0 Å². The van der Waals surface area contributed by atoms with Crippen LogP contribution in [-0.2, 0) is 6.61 Å². The molecule has 1 aromatic heterocycles. The lowest BCUT2D eigenvalue weighted by molar-refractivity contribution is 0.102. The van der Waals surface area contributed by atoms with E-state index in [1.54, 1.807) is 24.4 Å². The Labute approximate surface area is 133 Å². The van der Waals surface area contributed by atoms with Crippen LogP contribution in [0.4, 0.5) is 5.69 Å². The third-order valence-corrected chi connectivity index (χ3v) is 3.60. The first kappa shape index (κ1) is 15.0. The Morgan fingerprint density at radius 3 is 2.65 bits per heavy atom. The third-order valence-electron chi connectivity index (χ3n) is 3.60. The number of aliphatic hydroxyl groups is 1. The molecule has 0 saturated heterocycles. The number of carbonyl (C=O) groups is 1. The van der Waals surface area contributed by atoms with Crippen molar-refractivity contribution in [3.63, 3.8) is 0 Å². The first-order chi connectivity index (χ1) is 11.2. The normalized spacial score (nSPS) is 10.5. The molecule has 0 fully saturated rings. The van der Waals surface area contributed by atoms with Gasteiger partial charge < -0.3 is 14.8 Å². The number of aryl methyl sites for hydroxylation is 1. The van der Waals surface area contributed by atoms with Crippen molar-refractivity contribution < 1.29 is 14.3 Å². The Balaban J connectivity index is 1.78. The molecule has 116 valence electrons. The summed E-state index contributed by atoms with van der Waals surface area (Å²) in [7, 11) is 0. The number of carbonyl (C=O) groups excluding carboxylic acids is 1. The number of anilines is 1. The number of aromatic nitrogens is 1. The van der Waals surface area contributed by atoms with E-state index >= 15 is 0 Å². The van der Waals surface area contributed by atoms with Gasteiger partial charge in [0, 0.05) is 16.8 Å². The smallest absolute Gasteiger partial charge is 0.255 e. The molecule has 0 aliphatic heterocycles. The summed E-state index contributed by atoms with van der Waals surface area (Å²) < 4.78 is 5.22. The highest BCUT2D eigenvalue weighted by Crippen LogP contribution is 2.21. The van der Waals surface area contributed by atoms with Gasteiger partial charge in [-0.05, 0) is 36.2 Å². The second-order valence-corrected chi connectivity index (χ2v) is 5.20. The van der Waals surface area contributed by atoms with Crippen LogP contribution in [0.25, 0.3) is 11.3 Å². The maximum absolute atomic E-state index is 12.4. The van der Waals surface area contributed by atoms with Crippen LogP contribution < -0.4 is 5.32 Å². The van der Waals surface area contributed by atoms with E-state index in [1.807, 2.05) is 31.2 Å². The molecule has 3 aromatic rings. The van der Waals surface area contributed by atoms with Crippen molar-refractivity contribution in [3.8, 4) is 11.3 Å². The fraction of sp³-hybridized carbons (Fsp3) is 0.111. The fourth-order valence-corrected chi connectivity index (χ4v) is 2.24. The maximum Gasteiger partial charge on any atom is 0.255 e. The minimum absolute atomic E-state index is 0.0605. The number of nitrogens with zero attached hydrogens (tertiary/aromatic N) is 1. The van der Waals surface area contributed by atoms with Gasteiger partial charge in [0.1, 0.15) is 0 Å². The zero-order valence-corrected chi connectivity index (χ0v) is 12.6. The van der Waals surface area contributed by atoms with Crippen LogP contribution in [0.3, 0.4) is 0 Å². The standard InChI is InChI=1S/C18H16N2O3/c1-12-2-3-13(10-21)8-16(12)20-18(22)15-6-4-14(5-7-15)17-9-19-11-23-17/h2-9,11,21H,10H2,1H3,(H,20,22). The Hall–Kier alpha value is -2.92. The lowest BCUT2D eigenvalue weighted by Crippen LogP contribution is -2.13. The molecule has 0 spiro atoms. The number of hydrogen-bond donors (Lipinski definition) is 2. The molecule has 3 rings (SSSR count). The van der Waals surface area contributed by atoms with Crippen molar-refractivity contribution in [1.82, 2.24) is 4.98 Å². The van der Waals surface area contributed by atoms with Crippen molar-refractivity contribution in [1.29, 1.82) is 0 Å². The lowest BCUT2D eigenvalue weighted by atomic mass is 10.1. The number of nitrogens with one attached hydrogen (secondary N) is 1. The third kappa shape index (κ3) is 3.30. The second kappa shape index (κ2) is 6.46. The topological polar surface area (TPSA) is 75.4 Å². The summed E-state index contributed by atoms with van der Waals surface area (Å²) in [6.45, 7) is 1.85. The van der Waals surface area contributed by atoms with Gasteiger partial charge >= 0.3 is 0 Å². The fourth-order valence-electron chi connectivity index (χ4n) is 2.24. The Morgan fingerprint density at radius 2 is 2.00 bits per heavy atom. The molecule has 0 unspecified atom stereocenters. The molecule has 0 bridgehead atoms. The molecule has 1 amide bonds. The number of oxazole rings is 1. The number of amides is 1. The minimum Gasteiger partial charge on any atom is -0.444 e. The Morgan fingerprint density at radius 1 is 1.22 bits per heavy atom. The highest BCUT2D eigenvalue weighted by molar-refractivity contribution is 6.04. The zero-order valence-electron chi connectivity index (χ0n) is 12.6. The van der Waals surface area contributed by atoms with Gasteiger partial charge in [0.25, 0.3) is 5.91 Å². The van der Waals surface area contributed by atoms with Gasteiger partial charge in [0.05, 0.1) is 12.8 Å². The van der Waals surface area contributed by atoms with Crippen LogP contribution in [0.1, 0.15) is 21.5 Å². The molecular weight excluding hydrogens is 292 g/mol. The molecule has 0 radical (unpaired) electrons. The Kier molecular flexibility index (Phi) is 4.21. The number of benzene rings is 2. The van der Waals surface area contributed by atoms with E-state index in [2.05, 4.69) is 10.3 Å². The maximum atomic E-state index is 12.4. The minimum atomic E-state index is -0.202. The van der Waals surface area contributed by atoms with Crippen LogP contribution in [0, 0.1) is 6.92 Å². The van der Waals surface area contributed by atoms with E-state index in [9.17, 15) is 9.90 Å². The monoisotopic (exact) mass is 308 g/mol. The predicted molar refractivity (Wildman–Crippen MR) is 87.0 cm³/mol. The zero-order chi connectivity index (χ0) is 16.2. The van der Waals surface area contributed by atoms with Crippen molar-refractivity contribution in [2.75, 3.05) is 5.32 Å². The van der Waals surface area contributed by atoms with E-state index in [4.69, 9.17) is 4.42 Å². The summed E-state index contributed by atoms with van der Waals surface area (Å²) in [6, 6.07) is 12.6. The first-order valence-corrected chi connectivity index (χ1v) is 7.18. The summed E-state index contributed by atoms with van der Waals surface area (Å²) >= 11 is 0. The first-order valence-electron chi connectivity index (χ1n) is 7.18. The van der Waals surface area contributed by atoms with Crippen LogP contribution >= 0.6 is 0 Å². The molecular formula is C18H16N2O3. The van der Waals surface area contributed by atoms with Gasteiger partial charge in [-0.2, -0.15) is 0 Å². The summed E-state index contributed by atoms with van der Waals surface area (Å²) in [4.78, 5) is 16.2. The van der Waals surface area contributed by atoms with Gasteiger partial charge in [-0.15, -0.1) is 0 Å². The van der Waals surface area contributed by atoms with Crippen molar-refractivity contribution in [2.45, 2.75) is 13.5 Å². The van der Waals surface area contributed by atoms with Gasteiger partial charge in [-0.25, -0.2) is 4.98 Å². The molecule has 5 heteroatoms. The van der Waals surface area contributed by atoms with Crippen LogP contribution in [0.2, 0.25) is 0 Å². The molecule has 23 heavy (non-hydrogen) atoms. The largest absolute Gasteiger partial charge is 0.444 e. The second-order valence-electron chi connectivity index (χ2n) is 5.20.